The first-order valence-electron chi connectivity index (χ1n) is 9.49. The average molecular weight is 354 g/mol. The molecule has 1 aromatic rings. The Labute approximate surface area is 146 Å². The lowest BCUT2D eigenvalue weighted by Crippen LogP contribution is -2.35. The van der Waals surface area contributed by atoms with Gasteiger partial charge in [0.1, 0.15) is 0 Å². The molecule has 1 saturated heterocycles. The first kappa shape index (κ1) is 17.3. The highest BCUT2D eigenvalue weighted by Crippen LogP contribution is 2.44. The van der Waals surface area contributed by atoms with E-state index in [1.54, 1.807) is 0 Å². The van der Waals surface area contributed by atoms with Crippen LogP contribution < -0.4 is 0 Å². The van der Waals surface area contributed by atoms with E-state index in [9.17, 15) is 13.2 Å². The van der Waals surface area contributed by atoms with Crippen molar-refractivity contribution in [2.75, 3.05) is 13.2 Å². The molecule has 0 spiro atoms. The van der Waals surface area contributed by atoms with E-state index in [4.69, 9.17) is 9.47 Å². The fourth-order valence-corrected chi connectivity index (χ4v) is 4.69. The van der Waals surface area contributed by atoms with Crippen LogP contribution in [0.15, 0.2) is 12.1 Å². The van der Waals surface area contributed by atoms with Gasteiger partial charge in [0.2, 0.25) is 0 Å². The normalized spacial score (nSPS) is 33.9. The van der Waals surface area contributed by atoms with Gasteiger partial charge in [-0.25, -0.2) is 13.2 Å². The molecule has 1 heterocycles. The number of hydrogen-bond donors (Lipinski definition) is 0. The topological polar surface area (TPSA) is 18.5 Å². The summed E-state index contributed by atoms with van der Waals surface area (Å²) >= 11 is 0. The smallest absolute Gasteiger partial charge is 0.194 e. The van der Waals surface area contributed by atoms with Crippen molar-refractivity contribution in [3.63, 3.8) is 0 Å². The van der Waals surface area contributed by atoms with Crippen LogP contribution in [0.25, 0.3) is 0 Å². The second kappa shape index (κ2) is 7.28. The summed E-state index contributed by atoms with van der Waals surface area (Å²) in [6, 6.07) is 1.90. The number of halogens is 3. The highest BCUT2D eigenvalue weighted by molar-refractivity contribution is 5.20. The quantitative estimate of drug-likeness (QED) is 0.679. The maximum absolute atomic E-state index is 13.4. The number of ether oxygens (including phenoxy) is 2. The zero-order valence-corrected chi connectivity index (χ0v) is 14.4. The lowest BCUT2D eigenvalue weighted by Gasteiger charge is -2.41. The van der Waals surface area contributed by atoms with Gasteiger partial charge in [-0.05, 0) is 55.6 Å². The molecule has 5 heteroatoms. The maximum Gasteiger partial charge on any atom is 0.194 e. The lowest BCUT2D eigenvalue weighted by molar-refractivity contribution is -0.215. The van der Waals surface area contributed by atoms with Crippen molar-refractivity contribution in [1.82, 2.24) is 0 Å². The van der Waals surface area contributed by atoms with Crippen LogP contribution in [0.2, 0.25) is 0 Å². The standard InChI is InChI=1S/C20H25F3O2/c21-17-8-15(9-18(22)19(17)23)20-24-10-16(11-25-20)14-6-4-13(5-7-14)12-2-1-3-12/h8-9,12-14,16,20H,1-7,10-11H2. The second-order valence-electron chi connectivity index (χ2n) is 7.92. The van der Waals surface area contributed by atoms with Gasteiger partial charge in [-0.2, -0.15) is 0 Å². The summed E-state index contributed by atoms with van der Waals surface area (Å²) in [4.78, 5) is 0. The summed E-state index contributed by atoms with van der Waals surface area (Å²) in [6.07, 6.45) is 8.49. The third-order valence-electron chi connectivity index (χ3n) is 6.50. The molecule has 1 aliphatic heterocycles. The second-order valence-corrected chi connectivity index (χ2v) is 7.92. The summed E-state index contributed by atoms with van der Waals surface area (Å²) < 4.78 is 51.2. The predicted molar refractivity (Wildman–Crippen MR) is 87.2 cm³/mol. The molecular weight excluding hydrogens is 329 g/mol. The van der Waals surface area contributed by atoms with Crippen LogP contribution >= 0.6 is 0 Å². The molecule has 0 aromatic heterocycles. The molecule has 2 saturated carbocycles. The van der Waals surface area contributed by atoms with Gasteiger partial charge < -0.3 is 9.47 Å². The molecule has 0 atom stereocenters. The Balaban J connectivity index is 1.30. The molecule has 0 radical (unpaired) electrons. The summed E-state index contributed by atoms with van der Waals surface area (Å²) in [5, 5.41) is 0. The minimum absolute atomic E-state index is 0.198. The van der Waals surface area contributed by atoms with Gasteiger partial charge in [0, 0.05) is 11.5 Å². The van der Waals surface area contributed by atoms with E-state index in [1.165, 1.54) is 44.9 Å². The highest BCUT2D eigenvalue weighted by Gasteiger charge is 2.36. The Bertz CT molecular complexity index is 578. The van der Waals surface area contributed by atoms with E-state index in [0.717, 1.165) is 24.0 Å². The van der Waals surface area contributed by atoms with E-state index >= 15 is 0 Å². The Hall–Kier alpha value is -1.07. The summed E-state index contributed by atoms with van der Waals surface area (Å²) in [7, 11) is 0. The van der Waals surface area contributed by atoms with Crippen molar-refractivity contribution in [2.45, 2.75) is 51.2 Å². The first-order chi connectivity index (χ1) is 12.1. The molecule has 1 aromatic carbocycles. The SMILES string of the molecule is Fc1cc(C2OCC(C3CCC(C4CCC4)CC3)CO2)cc(F)c1F. The van der Waals surface area contributed by atoms with Crippen molar-refractivity contribution in [2.24, 2.45) is 23.7 Å². The maximum atomic E-state index is 13.4. The van der Waals surface area contributed by atoms with E-state index < -0.39 is 23.7 Å². The van der Waals surface area contributed by atoms with Crippen molar-refractivity contribution in [3.8, 4) is 0 Å². The Morgan fingerprint density at radius 3 is 1.64 bits per heavy atom. The van der Waals surface area contributed by atoms with E-state index in [2.05, 4.69) is 0 Å². The van der Waals surface area contributed by atoms with Gasteiger partial charge in [-0.3, -0.25) is 0 Å². The summed E-state index contributed by atoms with van der Waals surface area (Å²) in [5.41, 5.74) is 0.198. The molecule has 4 rings (SSSR count). The number of rotatable bonds is 3. The molecular formula is C20H25F3O2. The van der Waals surface area contributed by atoms with Crippen LogP contribution in [-0.4, -0.2) is 13.2 Å². The van der Waals surface area contributed by atoms with Gasteiger partial charge in [0.15, 0.2) is 23.7 Å². The first-order valence-corrected chi connectivity index (χ1v) is 9.49. The largest absolute Gasteiger partial charge is 0.348 e. The van der Waals surface area contributed by atoms with E-state index in [-0.39, 0.29) is 5.56 Å². The van der Waals surface area contributed by atoms with Crippen LogP contribution in [0.5, 0.6) is 0 Å². The molecule has 0 unspecified atom stereocenters. The van der Waals surface area contributed by atoms with Gasteiger partial charge in [-0.15, -0.1) is 0 Å². The zero-order chi connectivity index (χ0) is 17.4. The number of hydrogen-bond acceptors (Lipinski definition) is 2. The lowest BCUT2D eigenvalue weighted by atomic mass is 9.66. The molecule has 0 N–H and O–H groups in total. The van der Waals surface area contributed by atoms with Crippen LogP contribution in [0.4, 0.5) is 13.2 Å². The van der Waals surface area contributed by atoms with Gasteiger partial charge in [0.05, 0.1) is 13.2 Å². The van der Waals surface area contributed by atoms with Crippen molar-refractivity contribution < 1.29 is 22.6 Å². The van der Waals surface area contributed by atoms with Crippen molar-refractivity contribution in [3.05, 3.63) is 35.1 Å². The third kappa shape index (κ3) is 3.59. The molecule has 2 aliphatic carbocycles. The molecule has 0 amide bonds. The predicted octanol–water partition coefficient (Wildman–Crippen LogP) is 5.37. The zero-order valence-electron chi connectivity index (χ0n) is 14.4. The van der Waals surface area contributed by atoms with Crippen LogP contribution in [0.3, 0.4) is 0 Å². The van der Waals surface area contributed by atoms with Crippen LogP contribution in [-0.2, 0) is 9.47 Å². The minimum atomic E-state index is -1.46. The fourth-order valence-electron chi connectivity index (χ4n) is 4.69. The Kier molecular flexibility index (Phi) is 5.05. The number of benzene rings is 1. The monoisotopic (exact) mass is 354 g/mol. The van der Waals surface area contributed by atoms with Gasteiger partial charge in [0.25, 0.3) is 0 Å². The Morgan fingerprint density at radius 2 is 1.16 bits per heavy atom. The van der Waals surface area contributed by atoms with E-state index in [1.807, 2.05) is 0 Å². The molecule has 138 valence electrons. The molecule has 25 heavy (non-hydrogen) atoms. The summed E-state index contributed by atoms with van der Waals surface area (Å²) in [5.74, 6) is -1.05. The Morgan fingerprint density at radius 1 is 0.680 bits per heavy atom. The highest BCUT2D eigenvalue weighted by atomic mass is 19.2. The van der Waals surface area contributed by atoms with Crippen molar-refractivity contribution >= 4 is 0 Å². The van der Waals surface area contributed by atoms with Crippen LogP contribution in [0, 0.1) is 41.1 Å². The average Bonchev–Trinajstić information content (AvgIpc) is 2.59. The molecule has 2 nitrogen and oxygen atoms in total. The minimum Gasteiger partial charge on any atom is -0.348 e. The van der Waals surface area contributed by atoms with Gasteiger partial charge >= 0.3 is 0 Å². The molecule has 0 bridgehead atoms. The van der Waals surface area contributed by atoms with Crippen LogP contribution in [0.1, 0.15) is 56.8 Å². The fraction of sp³-hybridized carbons (Fsp3) is 0.700. The third-order valence-corrected chi connectivity index (χ3v) is 6.50. The molecule has 3 aliphatic rings. The van der Waals surface area contributed by atoms with Gasteiger partial charge in [-0.1, -0.05) is 19.3 Å². The van der Waals surface area contributed by atoms with Crippen molar-refractivity contribution in [1.29, 1.82) is 0 Å². The molecule has 3 fully saturated rings. The summed E-state index contributed by atoms with van der Waals surface area (Å²) in [6.45, 7) is 1.06. The van der Waals surface area contributed by atoms with E-state index in [0.29, 0.717) is 25.0 Å².